The summed E-state index contributed by atoms with van der Waals surface area (Å²) < 4.78 is 6.89. The highest BCUT2D eigenvalue weighted by Gasteiger charge is 2.08. The van der Waals surface area contributed by atoms with Crippen LogP contribution in [-0.2, 0) is 11.5 Å². The number of hydrogen-bond acceptors (Lipinski definition) is 3. The smallest absolute Gasteiger partial charge is 0.270 e. The maximum Gasteiger partial charge on any atom is 0.270 e. The molecule has 78 valence electrons. The molecule has 0 aliphatic heterocycles. The summed E-state index contributed by atoms with van der Waals surface area (Å²) in [4.78, 5) is 10.2. The summed E-state index contributed by atoms with van der Waals surface area (Å²) in [6.07, 6.45) is 1.85. The van der Waals surface area contributed by atoms with Crippen LogP contribution in [0.15, 0.2) is 30.5 Å². The molecule has 0 saturated heterocycles. The zero-order valence-electron chi connectivity index (χ0n) is 8.21. The fourth-order valence-corrected chi connectivity index (χ4v) is 1.55. The molecule has 0 aliphatic carbocycles. The average Bonchev–Trinajstić information content (AvgIpc) is 2.61. The topological polar surface area (TPSA) is 57.3 Å². The van der Waals surface area contributed by atoms with Gasteiger partial charge in [-0.2, -0.15) is 0 Å². The maximum absolute atomic E-state index is 10.6. The predicted molar refractivity (Wildman–Crippen MR) is 55.6 cm³/mol. The van der Waals surface area contributed by atoms with Gasteiger partial charge in [0.1, 0.15) is 6.73 Å². The van der Waals surface area contributed by atoms with Gasteiger partial charge in [0.05, 0.1) is 10.4 Å². The summed E-state index contributed by atoms with van der Waals surface area (Å²) in [5.41, 5.74) is 1.04. The third kappa shape index (κ3) is 1.69. The van der Waals surface area contributed by atoms with Crippen LogP contribution >= 0.6 is 0 Å². The molecule has 5 nitrogen and oxygen atoms in total. The minimum atomic E-state index is -0.396. The van der Waals surface area contributed by atoms with Crippen molar-refractivity contribution in [2.24, 2.45) is 0 Å². The van der Waals surface area contributed by atoms with Crippen molar-refractivity contribution >= 4 is 16.6 Å². The lowest BCUT2D eigenvalue weighted by Gasteiger charge is -2.02. The summed E-state index contributed by atoms with van der Waals surface area (Å²) in [6.45, 7) is 0.446. The molecule has 1 aromatic heterocycles. The van der Waals surface area contributed by atoms with E-state index in [2.05, 4.69) is 0 Å². The van der Waals surface area contributed by atoms with E-state index in [1.165, 1.54) is 6.07 Å². The molecular formula is C10H10N2O3. The van der Waals surface area contributed by atoms with Gasteiger partial charge in [0.2, 0.25) is 0 Å². The van der Waals surface area contributed by atoms with E-state index < -0.39 is 4.92 Å². The van der Waals surface area contributed by atoms with Crippen LogP contribution in [0.2, 0.25) is 0 Å². The van der Waals surface area contributed by atoms with Gasteiger partial charge in [0.25, 0.3) is 5.69 Å². The number of fused-ring (bicyclic) bond motifs is 1. The Morgan fingerprint density at radius 1 is 1.47 bits per heavy atom. The monoisotopic (exact) mass is 206 g/mol. The standard InChI is InChI=1S/C10H10N2O3/c1-15-7-11-5-4-8-6-9(12(13)14)2-3-10(8)11/h2-6H,7H2,1H3. The second-order valence-electron chi connectivity index (χ2n) is 3.20. The fourth-order valence-electron chi connectivity index (χ4n) is 1.55. The Kier molecular flexibility index (Phi) is 2.39. The molecule has 0 fully saturated rings. The quantitative estimate of drug-likeness (QED) is 0.571. The Morgan fingerprint density at radius 3 is 2.93 bits per heavy atom. The lowest BCUT2D eigenvalue weighted by molar-refractivity contribution is -0.384. The summed E-state index contributed by atoms with van der Waals surface area (Å²) in [6, 6.07) is 6.61. The SMILES string of the molecule is COCn1ccc2cc([N+](=O)[O-])ccc21. The van der Waals surface area contributed by atoms with Crippen molar-refractivity contribution in [3.8, 4) is 0 Å². The number of nitrogens with zero attached hydrogens (tertiary/aromatic N) is 2. The molecule has 0 atom stereocenters. The van der Waals surface area contributed by atoms with Gasteiger partial charge >= 0.3 is 0 Å². The largest absolute Gasteiger partial charge is 0.364 e. The second-order valence-corrected chi connectivity index (χ2v) is 3.20. The van der Waals surface area contributed by atoms with Crippen LogP contribution < -0.4 is 0 Å². The molecule has 0 unspecified atom stereocenters. The number of methoxy groups -OCH3 is 1. The van der Waals surface area contributed by atoms with Gasteiger partial charge in [-0.3, -0.25) is 10.1 Å². The van der Waals surface area contributed by atoms with Crippen molar-refractivity contribution in [3.63, 3.8) is 0 Å². The Hall–Kier alpha value is -1.88. The number of hydrogen-bond donors (Lipinski definition) is 0. The maximum atomic E-state index is 10.6. The molecule has 0 aliphatic rings. The van der Waals surface area contributed by atoms with Crippen LogP contribution in [0.4, 0.5) is 5.69 Å². The highest BCUT2D eigenvalue weighted by molar-refractivity contribution is 5.82. The first-order valence-electron chi connectivity index (χ1n) is 4.44. The molecule has 0 saturated carbocycles. The van der Waals surface area contributed by atoms with E-state index >= 15 is 0 Å². The number of rotatable bonds is 3. The molecule has 0 radical (unpaired) electrons. The zero-order valence-corrected chi connectivity index (χ0v) is 8.21. The van der Waals surface area contributed by atoms with Gasteiger partial charge < -0.3 is 9.30 Å². The number of ether oxygens (including phenoxy) is 1. The highest BCUT2D eigenvalue weighted by atomic mass is 16.6. The van der Waals surface area contributed by atoms with Crippen molar-refractivity contribution < 1.29 is 9.66 Å². The van der Waals surface area contributed by atoms with Crippen LogP contribution in [0.1, 0.15) is 0 Å². The first-order chi connectivity index (χ1) is 7.22. The minimum absolute atomic E-state index is 0.109. The van der Waals surface area contributed by atoms with Gasteiger partial charge in [-0.15, -0.1) is 0 Å². The van der Waals surface area contributed by atoms with E-state index in [-0.39, 0.29) is 5.69 Å². The van der Waals surface area contributed by atoms with Crippen LogP contribution in [0.25, 0.3) is 10.9 Å². The van der Waals surface area contributed by atoms with E-state index in [1.54, 1.807) is 19.2 Å². The van der Waals surface area contributed by atoms with Gasteiger partial charge in [0, 0.05) is 30.8 Å². The molecule has 15 heavy (non-hydrogen) atoms. The molecule has 1 aromatic carbocycles. The van der Waals surface area contributed by atoms with Crippen molar-refractivity contribution in [2.75, 3.05) is 7.11 Å². The number of nitro groups is 1. The number of nitro benzene ring substituents is 1. The van der Waals surface area contributed by atoms with E-state index in [1.807, 2.05) is 16.8 Å². The zero-order chi connectivity index (χ0) is 10.8. The first kappa shape index (κ1) is 9.67. The molecule has 5 heteroatoms. The van der Waals surface area contributed by atoms with Crippen LogP contribution in [0, 0.1) is 10.1 Å². The molecule has 0 N–H and O–H groups in total. The van der Waals surface area contributed by atoms with E-state index in [0.717, 1.165) is 10.9 Å². The number of aromatic nitrogens is 1. The van der Waals surface area contributed by atoms with Gasteiger partial charge in [-0.25, -0.2) is 0 Å². The molecular weight excluding hydrogens is 196 g/mol. The lowest BCUT2D eigenvalue weighted by Crippen LogP contribution is -1.97. The first-order valence-corrected chi connectivity index (χ1v) is 4.44. The molecule has 0 amide bonds. The molecule has 2 rings (SSSR count). The Labute approximate surface area is 86.0 Å². The van der Waals surface area contributed by atoms with Crippen molar-refractivity contribution in [3.05, 3.63) is 40.6 Å². The van der Waals surface area contributed by atoms with Crippen LogP contribution in [-0.4, -0.2) is 16.6 Å². The van der Waals surface area contributed by atoms with E-state index in [9.17, 15) is 10.1 Å². The summed E-state index contributed by atoms with van der Waals surface area (Å²) >= 11 is 0. The fraction of sp³-hybridized carbons (Fsp3) is 0.200. The third-order valence-corrected chi connectivity index (χ3v) is 2.23. The van der Waals surface area contributed by atoms with E-state index in [4.69, 9.17) is 4.74 Å². The molecule has 2 aromatic rings. The Balaban J connectivity index is 2.51. The minimum Gasteiger partial charge on any atom is -0.364 e. The molecule has 0 spiro atoms. The lowest BCUT2D eigenvalue weighted by atomic mass is 10.2. The van der Waals surface area contributed by atoms with Crippen molar-refractivity contribution in [1.82, 2.24) is 4.57 Å². The average molecular weight is 206 g/mol. The van der Waals surface area contributed by atoms with Crippen LogP contribution in [0.5, 0.6) is 0 Å². The predicted octanol–water partition coefficient (Wildman–Crippen LogP) is 2.15. The molecule has 1 heterocycles. The summed E-state index contributed by atoms with van der Waals surface area (Å²) in [7, 11) is 1.61. The third-order valence-electron chi connectivity index (χ3n) is 2.23. The van der Waals surface area contributed by atoms with E-state index in [0.29, 0.717) is 6.73 Å². The highest BCUT2D eigenvalue weighted by Crippen LogP contribution is 2.21. The van der Waals surface area contributed by atoms with Crippen LogP contribution in [0.3, 0.4) is 0 Å². The van der Waals surface area contributed by atoms with Gasteiger partial charge in [0.15, 0.2) is 0 Å². The van der Waals surface area contributed by atoms with Gasteiger partial charge in [-0.05, 0) is 12.1 Å². The second kappa shape index (κ2) is 3.70. The van der Waals surface area contributed by atoms with Crippen molar-refractivity contribution in [1.29, 1.82) is 0 Å². The molecule has 0 bridgehead atoms. The Bertz CT molecular complexity index is 504. The Morgan fingerprint density at radius 2 is 2.27 bits per heavy atom. The van der Waals surface area contributed by atoms with Crippen molar-refractivity contribution in [2.45, 2.75) is 6.73 Å². The number of benzene rings is 1. The number of non-ortho nitro benzene ring substituents is 1. The normalized spacial score (nSPS) is 10.7. The van der Waals surface area contributed by atoms with Gasteiger partial charge in [-0.1, -0.05) is 0 Å². The summed E-state index contributed by atoms with van der Waals surface area (Å²) in [5, 5.41) is 11.4. The summed E-state index contributed by atoms with van der Waals surface area (Å²) in [5.74, 6) is 0.